The van der Waals surface area contributed by atoms with Gasteiger partial charge in [-0.15, -0.1) is 0 Å². The smallest absolute Gasteiger partial charge is 0.324 e. The highest BCUT2D eigenvalue weighted by atomic mass is 16.5. The molecule has 3 aliphatic rings. The van der Waals surface area contributed by atoms with E-state index in [0.29, 0.717) is 56.4 Å². The van der Waals surface area contributed by atoms with Gasteiger partial charge in [-0.3, -0.25) is 34.0 Å². The lowest BCUT2D eigenvalue weighted by molar-refractivity contribution is -0.157. The Bertz CT molecular complexity index is 2690. The molecule has 0 saturated carbocycles. The quantitative estimate of drug-likeness (QED) is 0.0962. The summed E-state index contributed by atoms with van der Waals surface area (Å²) in [6.45, 7) is 19.9. The van der Waals surface area contributed by atoms with E-state index < -0.39 is 47.2 Å². The molecule has 72 heavy (non-hydrogen) atoms. The molecule has 4 aromatic rings. The molecule has 5 heterocycles. The second kappa shape index (κ2) is 22.3. The number of benzene rings is 2. The van der Waals surface area contributed by atoms with Crippen molar-refractivity contribution in [3.8, 4) is 28.1 Å². The molecule has 3 aliphatic heterocycles. The largest absolute Gasteiger partial charge is 0.508 e. The van der Waals surface area contributed by atoms with Crippen LogP contribution in [0.4, 0.5) is 0 Å². The lowest BCUT2D eigenvalue weighted by Gasteiger charge is -2.40. The molecule has 16 nitrogen and oxygen atoms in total. The minimum atomic E-state index is -1.19. The first-order chi connectivity index (χ1) is 34.1. The number of pyridine rings is 1. The van der Waals surface area contributed by atoms with Gasteiger partial charge in [-0.05, 0) is 125 Å². The number of aromatic hydroxyl groups is 1. The van der Waals surface area contributed by atoms with E-state index in [1.807, 2.05) is 64.9 Å². The number of ether oxygens (including phenoxy) is 2. The Kier molecular flexibility index (Phi) is 16.7. The highest BCUT2D eigenvalue weighted by molar-refractivity contribution is 5.96. The number of cyclic esters (lactones) is 1. The van der Waals surface area contributed by atoms with E-state index in [-0.39, 0.29) is 61.6 Å². The number of carbonyl (C=O) groups excluding carboxylic acids is 5. The number of methoxy groups -OCH3 is 1. The van der Waals surface area contributed by atoms with Crippen molar-refractivity contribution in [1.82, 2.24) is 40.0 Å². The number of phenolic OH excluding ortho intramolecular Hbond substituents is 1. The molecule has 0 spiro atoms. The maximum atomic E-state index is 15.0. The van der Waals surface area contributed by atoms with Crippen LogP contribution < -0.4 is 10.7 Å². The molecule has 2 fully saturated rings. The molecule has 3 N–H and O–H groups in total. The molecule has 16 heteroatoms. The lowest BCUT2D eigenvalue weighted by atomic mass is 9.84. The first-order valence-corrected chi connectivity index (χ1v) is 25.5. The molecule has 7 rings (SSSR count). The summed E-state index contributed by atoms with van der Waals surface area (Å²) in [6.07, 6.45) is 3.57. The number of amides is 4. The molecule has 1 unspecified atom stereocenters. The van der Waals surface area contributed by atoms with Gasteiger partial charge in [0.05, 0.1) is 30.0 Å². The average molecular weight is 989 g/mol. The summed E-state index contributed by atoms with van der Waals surface area (Å²) in [5, 5.41) is 16.9. The van der Waals surface area contributed by atoms with Crippen molar-refractivity contribution < 1.29 is 38.6 Å². The summed E-state index contributed by atoms with van der Waals surface area (Å²) >= 11 is 0. The maximum Gasteiger partial charge on any atom is 0.324 e. The van der Waals surface area contributed by atoms with Gasteiger partial charge >= 0.3 is 5.97 Å². The third kappa shape index (κ3) is 11.7. The van der Waals surface area contributed by atoms with E-state index in [4.69, 9.17) is 14.5 Å². The van der Waals surface area contributed by atoms with Gasteiger partial charge in [0.1, 0.15) is 23.9 Å². The van der Waals surface area contributed by atoms with Crippen LogP contribution in [0.3, 0.4) is 0 Å². The van der Waals surface area contributed by atoms with E-state index >= 15 is 4.79 Å². The van der Waals surface area contributed by atoms with Crippen LogP contribution in [-0.2, 0) is 52.8 Å². The van der Waals surface area contributed by atoms with Crippen LogP contribution in [0.1, 0.15) is 97.1 Å². The van der Waals surface area contributed by atoms with E-state index in [9.17, 15) is 24.3 Å². The number of carbonyl (C=O) groups is 5. The van der Waals surface area contributed by atoms with E-state index in [2.05, 4.69) is 60.9 Å². The number of hydrogen-bond donors (Lipinski definition) is 3. The number of nitrogens with one attached hydrogen (secondary N) is 2. The van der Waals surface area contributed by atoms with Gasteiger partial charge in [-0.25, -0.2) is 5.43 Å². The fraction of sp³-hybridized carbons (Fsp3) is 0.536. The monoisotopic (exact) mass is 989 g/mol. The maximum absolute atomic E-state index is 15.0. The van der Waals surface area contributed by atoms with Crippen LogP contribution >= 0.6 is 0 Å². The number of esters is 1. The van der Waals surface area contributed by atoms with Crippen molar-refractivity contribution in [2.75, 3.05) is 54.5 Å². The zero-order valence-corrected chi connectivity index (χ0v) is 44.2. The summed E-state index contributed by atoms with van der Waals surface area (Å²) < 4.78 is 14.3. The molecule has 0 aliphatic carbocycles. The summed E-state index contributed by atoms with van der Waals surface area (Å²) in [5.74, 6) is -2.72. The topological polar surface area (TPSA) is 179 Å². The van der Waals surface area contributed by atoms with Gasteiger partial charge in [-0.2, -0.15) is 0 Å². The van der Waals surface area contributed by atoms with E-state index in [1.165, 1.54) is 9.91 Å². The van der Waals surface area contributed by atoms with E-state index in [1.54, 1.807) is 37.4 Å². The normalized spacial score (nSPS) is 21.3. The standard InChI is InChI=1S/C56H76N8O8/c1-13-63-47-19-17-38-28-43(47)44(51(63)42-15-14-21-57-49(42)36(6)71-12)29-56(7,8)32-72-55(70)45-18-16-35(5)64(59-45)54(69)46(26-37-24-40(38)27-41(65)25-37)58-52(67)50(33(2)3)61(11)53(68)39-20-22-62(31-39)48(66)23-34(4)30-60(9)10/h14-15,17,19,21,24-25,27-28,33,35-36,39,45-46,50,59,65H,4,13,16,18,20,22-23,26,29-32H2,1-3,5-12H3,(H,58,67)/t35?,36-,39-,45-,46-,50-/m0/s1. The fourth-order valence-corrected chi connectivity index (χ4v) is 10.9. The molecule has 388 valence electrons. The second-order valence-corrected chi connectivity index (χ2v) is 21.7. The molecule has 6 atom stereocenters. The predicted molar refractivity (Wildman–Crippen MR) is 278 cm³/mol. The van der Waals surface area contributed by atoms with Crippen molar-refractivity contribution in [2.45, 2.75) is 124 Å². The van der Waals surface area contributed by atoms with Gasteiger partial charge in [0, 0.05) is 87.3 Å². The van der Waals surface area contributed by atoms with Crippen molar-refractivity contribution >= 4 is 40.5 Å². The van der Waals surface area contributed by atoms with Gasteiger partial charge in [0.2, 0.25) is 17.7 Å². The molecule has 0 radical (unpaired) electrons. The van der Waals surface area contributed by atoms with Crippen LogP contribution in [0.25, 0.3) is 33.3 Å². The summed E-state index contributed by atoms with van der Waals surface area (Å²) in [6, 6.07) is 12.1. The zero-order valence-electron chi connectivity index (χ0n) is 44.2. The van der Waals surface area contributed by atoms with Crippen molar-refractivity contribution in [1.29, 1.82) is 0 Å². The zero-order chi connectivity index (χ0) is 52.3. The Balaban J connectivity index is 1.26. The van der Waals surface area contributed by atoms with Gasteiger partial charge in [0.15, 0.2) is 0 Å². The Labute approximate surface area is 425 Å². The Morgan fingerprint density at radius 2 is 1.79 bits per heavy atom. The number of likely N-dealkylation sites (tertiary alicyclic amines) is 1. The lowest BCUT2D eigenvalue weighted by Crippen LogP contribution is -2.64. The highest BCUT2D eigenvalue weighted by Gasteiger charge is 2.41. The first-order valence-electron chi connectivity index (χ1n) is 25.5. The molecule has 2 aromatic carbocycles. The molecular weight excluding hydrogens is 913 g/mol. The van der Waals surface area contributed by atoms with E-state index in [0.717, 1.165) is 44.6 Å². The highest BCUT2D eigenvalue weighted by Crippen LogP contribution is 2.42. The van der Waals surface area contributed by atoms with Crippen LogP contribution in [0.2, 0.25) is 0 Å². The minimum Gasteiger partial charge on any atom is -0.508 e. The van der Waals surface area contributed by atoms with Crippen LogP contribution in [0.5, 0.6) is 5.75 Å². The Morgan fingerprint density at radius 3 is 2.49 bits per heavy atom. The summed E-state index contributed by atoms with van der Waals surface area (Å²) in [7, 11) is 7.11. The molecule has 4 amide bonds. The fourth-order valence-electron chi connectivity index (χ4n) is 10.9. The number of hydrogen-bond acceptors (Lipinski definition) is 11. The van der Waals surface area contributed by atoms with Gasteiger partial charge < -0.3 is 39.2 Å². The summed E-state index contributed by atoms with van der Waals surface area (Å²) in [5.41, 5.74) is 10.4. The van der Waals surface area contributed by atoms with Crippen LogP contribution in [-0.4, -0.2) is 143 Å². The SMILES string of the molecule is C=C(CC(=O)N1CC[C@H](C(=O)N(C)[C@H](C(=O)N[C@H]2Cc3cc(O)cc(c3)-c3ccc4c(c3)c(c(-c3cccnc3[C@H](C)OC)n4CC)CC(C)(C)COC(=O)[C@@H]3CCC(C)N(N3)C2=O)C(C)C)C1)CN(C)C. The summed E-state index contributed by atoms with van der Waals surface area (Å²) in [4.78, 5) is 81.2. The number of hydrazine groups is 1. The number of phenols is 1. The molecular formula is C56H76N8O8. The van der Waals surface area contributed by atoms with Gasteiger partial charge in [-0.1, -0.05) is 52.0 Å². The number of likely N-dealkylation sites (N-methyl/N-ethyl adjacent to an activating group) is 2. The molecule has 2 aromatic heterocycles. The van der Waals surface area contributed by atoms with Crippen LogP contribution in [0, 0.1) is 17.3 Å². The molecule has 6 bridgehead atoms. The third-order valence-electron chi connectivity index (χ3n) is 14.6. The Morgan fingerprint density at radius 1 is 1.04 bits per heavy atom. The Hall–Kier alpha value is -6.10. The predicted octanol–water partition coefficient (Wildman–Crippen LogP) is 6.68. The number of fused-ring (bicyclic) bond motifs is 6. The van der Waals surface area contributed by atoms with Gasteiger partial charge in [0.25, 0.3) is 5.91 Å². The number of nitrogens with zero attached hydrogens (tertiary/aromatic N) is 6. The average Bonchev–Trinajstić information content (AvgIpc) is 3.94. The number of aromatic nitrogens is 2. The molecule has 2 saturated heterocycles. The van der Waals surface area contributed by atoms with Crippen molar-refractivity contribution in [3.63, 3.8) is 0 Å². The number of aryl methyl sites for hydroxylation is 1. The van der Waals surface area contributed by atoms with Crippen molar-refractivity contribution in [3.05, 3.63) is 83.7 Å². The first kappa shape index (κ1) is 53.7. The second-order valence-electron chi connectivity index (χ2n) is 21.7. The minimum absolute atomic E-state index is 0.0139. The van der Waals surface area contributed by atoms with Crippen LogP contribution in [0.15, 0.2) is 66.9 Å². The van der Waals surface area contributed by atoms with Crippen molar-refractivity contribution in [2.24, 2.45) is 17.3 Å². The third-order valence-corrected chi connectivity index (χ3v) is 14.6. The number of rotatable bonds is 13.